The molecule has 0 spiro atoms. The zero-order chi connectivity index (χ0) is 13.4. The van der Waals surface area contributed by atoms with Crippen LogP contribution in [0, 0.1) is 0 Å². The number of amides is 1. The van der Waals surface area contributed by atoms with E-state index in [1.807, 2.05) is 26.0 Å². The van der Waals surface area contributed by atoms with Crippen LogP contribution in [0.5, 0.6) is 0 Å². The van der Waals surface area contributed by atoms with Crippen molar-refractivity contribution in [2.45, 2.75) is 45.1 Å². The van der Waals surface area contributed by atoms with Crippen LogP contribution in [0.25, 0.3) is 0 Å². The van der Waals surface area contributed by atoms with Crippen molar-refractivity contribution >= 4 is 5.91 Å². The van der Waals surface area contributed by atoms with Crippen LogP contribution in [-0.2, 0) is 11.2 Å². The number of hydrogen-bond acceptors (Lipinski definition) is 3. The highest BCUT2D eigenvalue weighted by atomic mass is 16.3. The maximum absolute atomic E-state index is 11.9. The molecule has 0 saturated carbocycles. The molecule has 1 rings (SSSR count). The van der Waals surface area contributed by atoms with E-state index in [0.29, 0.717) is 19.3 Å². The molecule has 0 radical (unpaired) electrons. The van der Waals surface area contributed by atoms with Gasteiger partial charge in [-0.1, -0.05) is 13.0 Å². The van der Waals surface area contributed by atoms with Gasteiger partial charge in [-0.25, -0.2) is 0 Å². The van der Waals surface area contributed by atoms with Crippen LogP contribution in [0.3, 0.4) is 0 Å². The summed E-state index contributed by atoms with van der Waals surface area (Å²) < 4.78 is 0. The molecule has 18 heavy (non-hydrogen) atoms. The lowest BCUT2D eigenvalue weighted by Gasteiger charge is -2.29. The number of rotatable bonds is 7. The van der Waals surface area contributed by atoms with E-state index in [-0.39, 0.29) is 18.1 Å². The van der Waals surface area contributed by atoms with Gasteiger partial charge in [0.1, 0.15) is 0 Å². The summed E-state index contributed by atoms with van der Waals surface area (Å²) in [6.45, 7) is 4.06. The van der Waals surface area contributed by atoms with Crippen molar-refractivity contribution in [3.8, 4) is 0 Å². The van der Waals surface area contributed by atoms with Gasteiger partial charge in [0.15, 0.2) is 0 Å². The molecular formula is C14H22N2O2. The van der Waals surface area contributed by atoms with Crippen molar-refractivity contribution in [1.29, 1.82) is 0 Å². The number of carbonyl (C=O) groups excluding carboxylic acids is 1. The highest BCUT2D eigenvalue weighted by Crippen LogP contribution is 2.14. The number of carbonyl (C=O) groups is 1. The predicted octanol–water partition coefficient (Wildman–Crippen LogP) is 1.68. The van der Waals surface area contributed by atoms with Crippen LogP contribution >= 0.6 is 0 Å². The van der Waals surface area contributed by atoms with Crippen molar-refractivity contribution in [2.75, 3.05) is 6.61 Å². The second-order valence-electron chi connectivity index (χ2n) is 4.80. The highest BCUT2D eigenvalue weighted by Gasteiger charge is 2.23. The molecule has 100 valence electrons. The van der Waals surface area contributed by atoms with Crippen LogP contribution in [0.4, 0.5) is 0 Å². The molecule has 0 aliphatic heterocycles. The molecule has 1 atom stereocenters. The van der Waals surface area contributed by atoms with E-state index in [1.54, 1.807) is 12.4 Å². The van der Waals surface area contributed by atoms with Crippen molar-refractivity contribution in [3.05, 3.63) is 30.1 Å². The number of nitrogens with zero attached hydrogens (tertiary/aromatic N) is 1. The lowest BCUT2D eigenvalue weighted by atomic mass is 9.94. The minimum absolute atomic E-state index is 0.0247. The monoisotopic (exact) mass is 250 g/mol. The Morgan fingerprint density at radius 1 is 1.56 bits per heavy atom. The summed E-state index contributed by atoms with van der Waals surface area (Å²) in [6.07, 6.45) is 6.04. The van der Waals surface area contributed by atoms with Gasteiger partial charge in [0.05, 0.1) is 0 Å². The standard InChI is InChI=1S/C14H22N2O2/c1-3-14(2,8-10-17)16-13(18)7-6-12-5-4-9-15-11-12/h4-5,9,11,17H,3,6-8,10H2,1-2H3,(H,16,18). The largest absolute Gasteiger partial charge is 0.396 e. The number of pyridine rings is 1. The molecule has 1 amide bonds. The molecule has 4 heteroatoms. The third kappa shape index (κ3) is 4.84. The first-order valence-corrected chi connectivity index (χ1v) is 6.40. The Labute approximate surface area is 108 Å². The average Bonchev–Trinajstić information content (AvgIpc) is 2.38. The van der Waals surface area contributed by atoms with Crippen molar-refractivity contribution in [1.82, 2.24) is 10.3 Å². The fourth-order valence-corrected chi connectivity index (χ4v) is 1.78. The number of aliphatic hydroxyl groups is 1. The summed E-state index contributed by atoms with van der Waals surface area (Å²) in [7, 11) is 0. The molecule has 1 heterocycles. The van der Waals surface area contributed by atoms with Gasteiger partial charge in [0.25, 0.3) is 0 Å². The van der Waals surface area contributed by atoms with Crippen LogP contribution in [0.15, 0.2) is 24.5 Å². The summed E-state index contributed by atoms with van der Waals surface area (Å²) in [5, 5.41) is 12.0. The molecule has 4 nitrogen and oxygen atoms in total. The minimum atomic E-state index is -0.305. The fraction of sp³-hybridized carbons (Fsp3) is 0.571. The molecule has 1 aromatic heterocycles. The first-order valence-electron chi connectivity index (χ1n) is 6.40. The number of aryl methyl sites for hydroxylation is 1. The molecule has 2 N–H and O–H groups in total. The van der Waals surface area contributed by atoms with Crippen molar-refractivity contribution < 1.29 is 9.90 Å². The third-order valence-electron chi connectivity index (χ3n) is 3.25. The molecule has 0 aromatic carbocycles. The minimum Gasteiger partial charge on any atom is -0.396 e. The molecule has 0 saturated heterocycles. The van der Waals surface area contributed by atoms with Crippen molar-refractivity contribution in [3.63, 3.8) is 0 Å². The number of hydrogen-bond donors (Lipinski definition) is 2. The Balaban J connectivity index is 2.41. The van der Waals surface area contributed by atoms with Gasteiger partial charge in [0, 0.05) is 31.0 Å². The molecule has 1 unspecified atom stereocenters. The third-order valence-corrected chi connectivity index (χ3v) is 3.25. The predicted molar refractivity (Wildman–Crippen MR) is 71.1 cm³/mol. The summed E-state index contributed by atoms with van der Waals surface area (Å²) in [5.41, 5.74) is 0.758. The first kappa shape index (κ1) is 14.6. The zero-order valence-electron chi connectivity index (χ0n) is 11.1. The summed E-state index contributed by atoms with van der Waals surface area (Å²) >= 11 is 0. The highest BCUT2D eigenvalue weighted by molar-refractivity contribution is 5.77. The Bertz CT molecular complexity index is 367. The van der Waals surface area contributed by atoms with Crippen LogP contribution < -0.4 is 5.32 Å². The number of aliphatic hydroxyl groups excluding tert-OH is 1. The van der Waals surface area contributed by atoms with Crippen LogP contribution in [0.2, 0.25) is 0 Å². The van der Waals surface area contributed by atoms with Gasteiger partial charge >= 0.3 is 0 Å². The van der Waals surface area contributed by atoms with Gasteiger partial charge < -0.3 is 10.4 Å². The number of nitrogens with one attached hydrogen (secondary N) is 1. The van der Waals surface area contributed by atoms with E-state index >= 15 is 0 Å². The topological polar surface area (TPSA) is 62.2 Å². The second kappa shape index (κ2) is 7.11. The summed E-state index contributed by atoms with van der Waals surface area (Å²) in [4.78, 5) is 15.9. The lowest BCUT2D eigenvalue weighted by Crippen LogP contribution is -2.46. The molecule has 0 aliphatic rings. The van der Waals surface area contributed by atoms with Gasteiger partial charge in [-0.15, -0.1) is 0 Å². The van der Waals surface area contributed by atoms with Crippen LogP contribution in [0.1, 0.15) is 38.7 Å². The Kier molecular flexibility index (Phi) is 5.78. The summed E-state index contributed by atoms with van der Waals surface area (Å²) in [6, 6.07) is 3.84. The maximum atomic E-state index is 11.9. The lowest BCUT2D eigenvalue weighted by molar-refractivity contribution is -0.123. The molecular weight excluding hydrogens is 228 g/mol. The van der Waals surface area contributed by atoms with E-state index < -0.39 is 0 Å². The van der Waals surface area contributed by atoms with E-state index in [9.17, 15) is 4.79 Å². The quantitative estimate of drug-likeness (QED) is 0.774. The normalized spacial score (nSPS) is 13.9. The van der Waals surface area contributed by atoms with E-state index in [0.717, 1.165) is 12.0 Å². The first-order chi connectivity index (χ1) is 8.59. The van der Waals surface area contributed by atoms with Crippen LogP contribution in [-0.4, -0.2) is 28.1 Å². The van der Waals surface area contributed by atoms with Gasteiger partial charge in [0.2, 0.25) is 5.91 Å². The fourth-order valence-electron chi connectivity index (χ4n) is 1.78. The SMILES string of the molecule is CCC(C)(CCO)NC(=O)CCc1cccnc1. The molecule has 1 aromatic rings. The van der Waals surface area contributed by atoms with Gasteiger partial charge in [-0.05, 0) is 37.8 Å². The van der Waals surface area contributed by atoms with E-state index in [2.05, 4.69) is 10.3 Å². The van der Waals surface area contributed by atoms with E-state index in [4.69, 9.17) is 5.11 Å². The van der Waals surface area contributed by atoms with Crippen molar-refractivity contribution in [2.24, 2.45) is 0 Å². The molecule has 0 aliphatic carbocycles. The van der Waals surface area contributed by atoms with E-state index in [1.165, 1.54) is 0 Å². The number of aromatic nitrogens is 1. The second-order valence-corrected chi connectivity index (χ2v) is 4.80. The molecule has 0 fully saturated rings. The van der Waals surface area contributed by atoms with Gasteiger partial charge in [-0.3, -0.25) is 9.78 Å². The van der Waals surface area contributed by atoms with Gasteiger partial charge in [-0.2, -0.15) is 0 Å². The zero-order valence-corrected chi connectivity index (χ0v) is 11.1. The summed E-state index contributed by atoms with van der Waals surface area (Å²) in [5.74, 6) is 0.0247. The Morgan fingerprint density at radius 2 is 2.33 bits per heavy atom. The smallest absolute Gasteiger partial charge is 0.220 e. The maximum Gasteiger partial charge on any atom is 0.220 e. The Morgan fingerprint density at radius 3 is 2.89 bits per heavy atom. The Hall–Kier alpha value is -1.42. The molecule has 0 bridgehead atoms. The average molecular weight is 250 g/mol.